The molecule has 0 spiro atoms. The van der Waals surface area contributed by atoms with Gasteiger partial charge in [0, 0.05) is 25.6 Å². The third-order valence-electron chi connectivity index (χ3n) is 3.47. The summed E-state index contributed by atoms with van der Waals surface area (Å²) >= 11 is 0. The summed E-state index contributed by atoms with van der Waals surface area (Å²) in [5.41, 5.74) is -0.154. The standard InChI is InChI=1S/C12H15F3N2O3/c13-10(14)11(15)17-3-1-7(2-4-17)5-8-6-9(12(18)19)16-20-8/h6-7,10-11H,1-5H2,(H,18,19). The number of carbonyl (C=O) groups is 1. The maximum atomic E-state index is 13.1. The van der Waals surface area contributed by atoms with Gasteiger partial charge in [-0.05, 0) is 18.8 Å². The number of halogens is 3. The van der Waals surface area contributed by atoms with Crippen molar-refractivity contribution in [3.05, 3.63) is 17.5 Å². The number of rotatable bonds is 5. The number of aromatic nitrogens is 1. The Bertz CT molecular complexity index is 459. The zero-order valence-electron chi connectivity index (χ0n) is 10.6. The van der Waals surface area contributed by atoms with Crippen LogP contribution in [0.4, 0.5) is 13.2 Å². The van der Waals surface area contributed by atoms with Crippen LogP contribution >= 0.6 is 0 Å². The molecule has 1 aromatic rings. The third-order valence-corrected chi connectivity index (χ3v) is 3.47. The quantitative estimate of drug-likeness (QED) is 0.843. The van der Waals surface area contributed by atoms with Crippen molar-refractivity contribution >= 4 is 5.97 Å². The van der Waals surface area contributed by atoms with E-state index in [9.17, 15) is 18.0 Å². The van der Waals surface area contributed by atoms with Crippen molar-refractivity contribution in [3.63, 3.8) is 0 Å². The summed E-state index contributed by atoms with van der Waals surface area (Å²) < 4.78 is 42.5. The Hall–Kier alpha value is -1.57. The number of carboxylic acid groups (broad SMARTS) is 1. The highest BCUT2D eigenvalue weighted by molar-refractivity contribution is 5.85. The Morgan fingerprint density at radius 1 is 1.45 bits per heavy atom. The monoisotopic (exact) mass is 292 g/mol. The van der Waals surface area contributed by atoms with Crippen LogP contribution in [0.3, 0.4) is 0 Å². The number of likely N-dealkylation sites (tertiary alicyclic amines) is 1. The van der Waals surface area contributed by atoms with Gasteiger partial charge in [-0.2, -0.15) is 0 Å². The Kier molecular flexibility index (Phi) is 4.64. The molecule has 0 bridgehead atoms. The highest BCUT2D eigenvalue weighted by Crippen LogP contribution is 2.25. The third kappa shape index (κ3) is 3.50. The van der Waals surface area contributed by atoms with E-state index in [-0.39, 0.29) is 24.7 Å². The van der Waals surface area contributed by atoms with Crippen LogP contribution in [0, 0.1) is 5.92 Å². The summed E-state index contributed by atoms with van der Waals surface area (Å²) in [5, 5.41) is 12.1. The van der Waals surface area contributed by atoms with E-state index in [4.69, 9.17) is 9.63 Å². The zero-order chi connectivity index (χ0) is 14.7. The molecule has 1 aromatic heterocycles. The fraction of sp³-hybridized carbons (Fsp3) is 0.667. The molecule has 0 aliphatic carbocycles. The van der Waals surface area contributed by atoms with Crippen molar-refractivity contribution in [2.45, 2.75) is 32.0 Å². The molecule has 20 heavy (non-hydrogen) atoms. The number of carboxylic acids is 1. The molecule has 1 aliphatic rings. The first-order valence-electron chi connectivity index (χ1n) is 6.32. The van der Waals surface area contributed by atoms with Crippen LogP contribution in [0.25, 0.3) is 0 Å². The minimum absolute atomic E-state index is 0.154. The lowest BCUT2D eigenvalue weighted by molar-refractivity contribution is -0.0610. The number of alkyl halides is 3. The van der Waals surface area contributed by atoms with Crippen LogP contribution in [0.5, 0.6) is 0 Å². The Balaban J connectivity index is 1.83. The lowest BCUT2D eigenvalue weighted by atomic mass is 9.92. The average Bonchev–Trinajstić information content (AvgIpc) is 2.87. The normalized spacial score (nSPS) is 19.4. The number of piperidine rings is 1. The Labute approximate surface area is 113 Å². The van der Waals surface area contributed by atoms with Crippen molar-refractivity contribution in [3.8, 4) is 0 Å². The molecule has 1 aliphatic heterocycles. The molecule has 8 heteroatoms. The van der Waals surface area contributed by atoms with Gasteiger partial charge in [0.15, 0.2) is 5.69 Å². The van der Waals surface area contributed by atoms with E-state index in [0.29, 0.717) is 25.0 Å². The molecule has 5 nitrogen and oxygen atoms in total. The minimum Gasteiger partial charge on any atom is -0.476 e. The van der Waals surface area contributed by atoms with Gasteiger partial charge in [-0.1, -0.05) is 5.16 Å². The van der Waals surface area contributed by atoms with E-state index >= 15 is 0 Å². The number of nitrogens with zero attached hydrogens (tertiary/aromatic N) is 2. The SMILES string of the molecule is O=C(O)c1cc(CC2CCN(C(F)C(F)F)CC2)on1. The fourth-order valence-electron chi connectivity index (χ4n) is 2.36. The first-order valence-corrected chi connectivity index (χ1v) is 6.32. The van der Waals surface area contributed by atoms with Crippen molar-refractivity contribution in [2.24, 2.45) is 5.92 Å². The highest BCUT2D eigenvalue weighted by Gasteiger charge is 2.31. The van der Waals surface area contributed by atoms with Crippen molar-refractivity contribution in [2.75, 3.05) is 13.1 Å². The van der Waals surface area contributed by atoms with Gasteiger partial charge in [0.2, 0.25) is 6.30 Å². The lowest BCUT2D eigenvalue weighted by Crippen LogP contribution is -2.42. The molecule has 1 unspecified atom stereocenters. The maximum Gasteiger partial charge on any atom is 0.358 e. The molecule has 1 saturated heterocycles. The number of hydrogen-bond donors (Lipinski definition) is 1. The maximum absolute atomic E-state index is 13.1. The van der Waals surface area contributed by atoms with E-state index in [1.165, 1.54) is 6.07 Å². The van der Waals surface area contributed by atoms with Crippen molar-refractivity contribution < 1.29 is 27.6 Å². The van der Waals surface area contributed by atoms with Crippen LogP contribution in [0.1, 0.15) is 29.1 Å². The molecule has 1 fully saturated rings. The summed E-state index contributed by atoms with van der Waals surface area (Å²) in [6.07, 6.45) is -3.58. The van der Waals surface area contributed by atoms with E-state index in [1.807, 2.05) is 0 Å². The van der Waals surface area contributed by atoms with Gasteiger partial charge in [0.25, 0.3) is 6.43 Å². The molecule has 0 saturated carbocycles. The summed E-state index contributed by atoms with van der Waals surface area (Å²) in [4.78, 5) is 11.8. The van der Waals surface area contributed by atoms with Crippen molar-refractivity contribution in [1.82, 2.24) is 10.1 Å². The van der Waals surface area contributed by atoms with Crippen LogP contribution in [0.15, 0.2) is 10.6 Å². The van der Waals surface area contributed by atoms with E-state index < -0.39 is 18.7 Å². The van der Waals surface area contributed by atoms with Crippen molar-refractivity contribution in [1.29, 1.82) is 0 Å². The van der Waals surface area contributed by atoms with Gasteiger partial charge in [-0.15, -0.1) is 0 Å². The number of hydrogen-bond acceptors (Lipinski definition) is 4. The van der Waals surface area contributed by atoms with E-state index in [0.717, 1.165) is 4.90 Å². The Morgan fingerprint density at radius 3 is 2.60 bits per heavy atom. The second-order valence-corrected chi connectivity index (χ2v) is 4.87. The number of aromatic carboxylic acids is 1. The van der Waals surface area contributed by atoms with Crippen LogP contribution < -0.4 is 0 Å². The first kappa shape index (κ1) is 14.8. The van der Waals surface area contributed by atoms with Gasteiger partial charge in [0.1, 0.15) is 5.76 Å². The Morgan fingerprint density at radius 2 is 2.10 bits per heavy atom. The van der Waals surface area contributed by atoms with E-state index in [2.05, 4.69) is 5.16 Å². The predicted octanol–water partition coefficient (Wildman–Crippen LogP) is 2.19. The molecule has 2 heterocycles. The highest BCUT2D eigenvalue weighted by atomic mass is 19.3. The summed E-state index contributed by atoms with van der Waals surface area (Å²) in [7, 11) is 0. The molecule has 2 rings (SSSR count). The summed E-state index contributed by atoms with van der Waals surface area (Å²) in [6, 6.07) is 1.35. The smallest absolute Gasteiger partial charge is 0.358 e. The molecular formula is C12H15F3N2O3. The van der Waals surface area contributed by atoms with Crippen LogP contribution in [0.2, 0.25) is 0 Å². The van der Waals surface area contributed by atoms with E-state index in [1.54, 1.807) is 0 Å². The molecule has 0 amide bonds. The molecule has 1 N–H and O–H groups in total. The first-order chi connectivity index (χ1) is 9.47. The molecule has 112 valence electrons. The average molecular weight is 292 g/mol. The lowest BCUT2D eigenvalue weighted by Gasteiger charge is -2.33. The second-order valence-electron chi connectivity index (χ2n) is 4.87. The molecule has 1 atom stereocenters. The van der Waals surface area contributed by atoms with Crippen LogP contribution in [-0.2, 0) is 6.42 Å². The molecular weight excluding hydrogens is 277 g/mol. The van der Waals surface area contributed by atoms with Gasteiger partial charge in [-0.3, -0.25) is 4.90 Å². The summed E-state index contributed by atoms with van der Waals surface area (Å²) in [6.45, 7) is 0.520. The fourth-order valence-corrected chi connectivity index (χ4v) is 2.36. The topological polar surface area (TPSA) is 66.6 Å². The summed E-state index contributed by atoms with van der Waals surface area (Å²) in [5.74, 6) is -0.552. The van der Waals surface area contributed by atoms with Gasteiger partial charge in [-0.25, -0.2) is 18.0 Å². The largest absolute Gasteiger partial charge is 0.476 e. The molecule has 0 aromatic carbocycles. The van der Waals surface area contributed by atoms with Gasteiger partial charge >= 0.3 is 5.97 Å². The van der Waals surface area contributed by atoms with Gasteiger partial charge in [0.05, 0.1) is 0 Å². The predicted molar refractivity (Wildman–Crippen MR) is 62.4 cm³/mol. The van der Waals surface area contributed by atoms with Crippen LogP contribution in [-0.4, -0.2) is 46.9 Å². The zero-order valence-corrected chi connectivity index (χ0v) is 10.6. The molecule has 0 radical (unpaired) electrons. The second kappa shape index (κ2) is 6.25. The minimum atomic E-state index is -2.99. The van der Waals surface area contributed by atoms with Gasteiger partial charge < -0.3 is 9.63 Å².